The Morgan fingerprint density at radius 1 is 1.15 bits per heavy atom. The average molecular weight is 265 g/mol. The summed E-state index contributed by atoms with van der Waals surface area (Å²) in [5.74, 6) is 0.712. The second-order valence-corrected chi connectivity index (χ2v) is 6.04. The van der Waals surface area contributed by atoms with Gasteiger partial charge in [0.1, 0.15) is 0 Å². The van der Waals surface area contributed by atoms with Gasteiger partial charge < -0.3 is 5.32 Å². The number of nitrogens with one attached hydrogen (secondary N) is 1. The van der Waals surface area contributed by atoms with Crippen LogP contribution in [-0.4, -0.2) is 7.05 Å². The van der Waals surface area contributed by atoms with Gasteiger partial charge in [-0.05, 0) is 61.9 Å². The maximum absolute atomic E-state index is 3.51. The molecule has 0 amide bonds. The van der Waals surface area contributed by atoms with Gasteiger partial charge in [-0.2, -0.15) is 0 Å². The number of aryl methyl sites for hydroxylation is 2. The predicted octanol–water partition coefficient (Wildman–Crippen LogP) is 4.29. The van der Waals surface area contributed by atoms with E-state index in [4.69, 9.17) is 0 Å². The van der Waals surface area contributed by atoms with E-state index in [-0.39, 0.29) is 0 Å². The molecule has 0 saturated carbocycles. The van der Waals surface area contributed by atoms with Crippen molar-refractivity contribution in [3.63, 3.8) is 0 Å². The lowest BCUT2D eigenvalue weighted by Crippen LogP contribution is -2.25. The van der Waals surface area contributed by atoms with Crippen molar-refractivity contribution in [3.05, 3.63) is 70.3 Å². The fourth-order valence-electron chi connectivity index (χ4n) is 3.47. The molecule has 0 bridgehead atoms. The maximum atomic E-state index is 3.51. The Hall–Kier alpha value is -1.60. The normalized spacial score (nSPS) is 18.2. The van der Waals surface area contributed by atoms with Gasteiger partial charge in [0.2, 0.25) is 0 Å². The van der Waals surface area contributed by atoms with Crippen LogP contribution in [0, 0.1) is 13.8 Å². The molecular weight excluding hydrogens is 242 g/mol. The van der Waals surface area contributed by atoms with Crippen LogP contribution in [0.15, 0.2) is 42.5 Å². The highest BCUT2D eigenvalue weighted by molar-refractivity contribution is 5.41. The number of rotatable bonds is 4. The van der Waals surface area contributed by atoms with E-state index in [0.717, 1.165) is 0 Å². The highest BCUT2D eigenvalue weighted by Gasteiger charge is 2.28. The molecule has 0 aliphatic heterocycles. The van der Waals surface area contributed by atoms with Crippen LogP contribution in [0.5, 0.6) is 0 Å². The first kappa shape index (κ1) is 13.4. The molecule has 1 N–H and O–H groups in total. The molecule has 0 radical (unpaired) electrons. The van der Waals surface area contributed by atoms with E-state index in [9.17, 15) is 0 Å². The smallest absolute Gasteiger partial charge is 0.0326 e. The van der Waals surface area contributed by atoms with E-state index < -0.39 is 0 Å². The van der Waals surface area contributed by atoms with Gasteiger partial charge in [0.05, 0.1) is 0 Å². The van der Waals surface area contributed by atoms with Crippen molar-refractivity contribution in [1.29, 1.82) is 0 Å². The van der Waals surface area contributed by atoms with Gasteiger partial charge in [-0.15, -0.1) is 0 Å². The highest BCUT2D eigenvalue weighted by atomic mass is 14.9. The van der Waals surface area contributed by atoms with Gasteiger partial charge >= 0.3 is 0 Å². The summed E-state index contributed by atoms with van der Waals surface area (Å²) >= 11 is 0. The largest absolute Gasteiger partial charge is 0.313 e. The molecule has 0 spiro atoms. The number of fused-ring (bicyclic) bond motifs is 1. The summed E-state index contributed by atoms with van der Waals surface area (Å²) in [4.78, 5) is 0. The Balaban J connectivity index is 1.79. The summed E-state index contributed by atoms with van der Waals surface area (Å²) in [5.41, 5.74) is 7.28. The SMILES string of the molecule is CNC(CC1Cc2ccccc21)c1ccc(C)cc1C. The molecule has 0 fully saturated rings. The van der Waals surface area contributed by atoms with Gasteiger partial charge in [0, 0.05) is 6.04 Å². The Kier molecular flexibility index (Phi) is 3.62. The fourth-order valence-corrected chi connectivity index (χ4v) is 3.47. The molecule has 0 aromatic heterocycles. The zero-order valence-electron chi connectivity index (χ0n) is 12.6. The minimum absolute atomic E-state index is 0.453. The van der Waals surface area contributed by atoms with Crippen LogP contribution in [-0.2, 0) is 6.42 Å². The molecule has 1 heteroatoms. The van der Waals surface area contributed by atoms with Crippen molar-refractivity contribution in [2.45, 2.75) is 38.6 Å². The maximum Gasteiger partial charge on any atom is 0.0326 e. The standard InChI is InChI=1S/C19H23N/c1-13-8-9-17(14(2)10-13)19(20-3)12-16-11-15-6-4-5-7-18(15)16/h4-10,16,19-20H,11-12H2,1-3H3. The molecular formula is C19H23N. The van der Waals surface area contributed by atoms with Crippen LogP contribution < -0.4 is 5.32 Å². The molecule has 3 rings (SSSR count). The fraction of sp³-hybridized carbons (Fsp3) is 0.368. The number of hydrogen-bond donors (Lipinski definition) is 1. The summed E-state index contributed by atoms with van der Waals surface area (Å²) in [6.45, 7) is 4.38. The molecule has 0 heterocycles. The van der Waals surface area contributed by atoms with E-state index in [1.54, 1.807) is 5.56 Å². The average Bonchev–Trinajstić information content (AvgIpc) is 2.41. The molecule has 104 valence electrons. The van der Waals surface area contributed by atoms with Crippen molar-refractivity contribution in [1.82, 2.24) is 5.32 Å². The monoisotopic (exact) mass is 265 g/mol. The van der Waals surface area contributed by atoms with E-state index in [0.29, 0.717) is 12.0 Å². The van der Waals surface area contributed by atoms with Crippen LogP contribution in [0.2, 0.25) is 0 Å². The van der Waals surface area contributed by atoms with E-state index >= 15 is 0 Å². The van der Waals surface area contributed by atoms with Crippen LogP contribution >= 0.6 is 0 Å². The number of hydrogen-bond acceptors (Lipinski definition) is 1. The lowest BCUT2D eigenvalue weighted by atomic mass is 9.73. The van der Waals surface area contributed by atoms with Crippen LogP contribution in [0.4, 0.5) is 0 Å². The number of benzene rings is 2. The molecule has 2 unspecified atom stereocenters. The first-order valence-electron chi connectivity index (χ1n) is 7.51. The van der Waals surface area contributed by atoms with Crippen molar-refractivity contribution in [3.8, 4) is 0 Å². The molecule has 20 heavy (non-hydrogen) atoms. The molecule has 2 aromatic rings. The van der Waals surface area contributed by atoms with Crippen LogP contribution in [0.25, 0.3) is 0 Å². The summed E-state index contributed by atoms with van der Waals surface area (Å²) in [5, 5.41) is 3.51. The minimum Gasteiger partial charge on any atom is -0.313 e. The summed E-state index contributed by atoms with van der Waals surface area (Å²) in [7, 11) is 2.08. The molecule has 0 saturated heterocycles. The molecule has 2 atom stereocenters. The van der Waals surface area contributed by atoms with E-state index in [1.807, 2.05) is 0 Å². The molecule has 2 aromatic carbocycles. The summed E-state index contributed by atoms with van der Waals surface area (Å²) < 4.78 is 0. The Morgan fingerprint density at radius 3 is 2.65 bits per heavy atom. The summed E-state index contributed by atoms with van der Waals surface area (Å²) in [6.07, 6.45) is 2.43. The topological polar surface area (TPSA) is 12.0 Å². The summed E-state index contributed by atoms with van der Waals surface area (Å²) in [6, 6.07) is 16.1. The van der Waals surface area contributed by atoms with Gasteiger partial charge in [-0.1, -0.05) is 48.0 Å². The third-order valence-corrected chi connectivity index (χ3v) is 4.63. The third kappa shape index (κ3) is 2.38. The van der Waals surface area contributed by atoms with Gasteiger partial charge in [0.15, 0.2) is 0 Å². The Morgan fingerprint density at radius 2 is 1.95 bits per heavy atom. The third-order valence-electron chi connectivity index (χ3n) is 4.63. The van der Waals surface area contributed by atoms with Crippen molar-refractivity contribution in [2.24, 2.45) is 0 Å². The second-order valence-electron chi connectivity index (χ2n) is 6.04. The second kappa shape index (κ2) is 5.41. The van der Waals surface area contributed by atoms with Gasteiger partial charge in [-0.3, -0.25) is 0 Å². The lowest BCUT2D eigenvalue weighted by molar-refractivity contribution is 0.451. The minimum atomic E-state index is 0.453. The van der Waals surface area contributed by atoms with Gasteiger partial charge in [-0.25, -0.2) is 0 Å². The quantitative estimate of drug-likeness (QED) is 0.869. The van der Waals surface area contributed by atoms with Gasteiger partial charge in [0.25, 0.3) is 0 Å². The predicted molar refractivity (Wildman–Crippen MR) is 85.2 cm³/mol. The van der Waals surface area contributed by atoms with Crippen LogP contribution in [0.3, 0.4) is 0 Å². The van der Waals surface area contributed by atoms with Crippen LogP contribution in [0.1, 0.15) is 46.2 Å². The lowest BCUT2D eigenvalue weighted by Gasteiger charge is -2.33. The molecule has 1 aliphatic carbocycles. The van der Waals surface area contributed by atoms with E-state index in [2.05, 4.69) is 68.7 Å². The Bertz CT molecular complexity index is 615. The Labute approximate surface area is 122 Å². The van der Waals surface area contributed by atoms with Crippen molar-refractivity contribution >= 4 is 0 Å². The zero-order valence-corrected chi connectivity index (χ0v) is 12.6. The first-order chi connectivity index (χ1) is 9.69. The van der Waals surface area contributed by atoms with Crippen molar-refractivity contribution in [2.75, 3.05) is 7.05 Å². The molecule has 1 aliphatic rings. The van der Waals surface area contributed by atoms with Crippen molar-refractivity contribution < 1.29 is 0 Å². The molecule has 1 nitrogen and oxygen atoms in total. The highest BCUT2D eigenvalue weighted by Crippen LogP contribution is 2.41. The zero-order chi connectivity index (χ0) is 14.1. The first-order valence-corrected chi connectivity index (χ1v) is 7.51. The van der Waals surface area contributed by atoms with E-state index in [1.165, 1.54) is 35.1 Å².